The number of halogens is 1. The van der Waals surface area contributed by atoms with Gasteiger partial charge in [0.15, 0.2) is 17.4 Å². The molecule has 34 heavy (non-hydrogen) atoms. The number of nitrogens with zero attached hydrogens (tertiary/aromatic N) is 4. The molecule has 10 heteroatoms. The number of fused-ring (bicyclic) bond motifs is 1. The van der Waals surface area contributed by atoms with Crippen LogP contribution in [0.15, 0.2) is 42.7 Å². The van der Waals surface area contributed by atoms with Crippen molar-refractivity contribution in [1.29, 1.82) is 0 Å². The summed E-state index contributed by atoms with van der Waals surface area (Å²) >= 11 is 0. The van der Waals surface area contributed by atoms with Crippen LogP contribution in [-0.2, 0) is 19.9 Å². The van der Waals surface area contributed by atoms with E-state index in [0.29, 0.717) is 35.6 Å². The van der Waals surface area contributed by atoms with Crippen molar-refractivity contribution in [1.82, 2.24) is 29.9 Å². The maximum absolute atomic E-state index is 14.0. The fourth-order valence-electron chi connectivity index (χ4n) is 4.15. The third kappa shape index (κ3) is 3.68. The molecule has 0 spiro atoms. The van der Waals surface area contributed by atoms with Gasteiger partial charge in [-0.05, 0) is 47.4 Å². The van der Waals surface area contributed by atoms with Crippen molar-refractivity contribution >= 4 is 16.8 Å². The van der Waals surface area contributed by atoms with Gasteiger partial charge in [0, 0.05) is 36.9 Å². The first-order chi connectivity index (χ1) is 16.3. The predicted molar refractivity (Wildman–Crippen MR) is 125 cm³/mol. The Labute approximate surface area is 193 Å². The van der Waals surface area contributed by atoms with Crippen molar-refractivity contribution in [2.45, 2.75) is 19.8 Å². The van der Waals surface area contributed by atoms with E-state index in [9.17, 15) is 14.3 Å². The van der Waals surface area contributed by atoms with E-state index in [-0.39, 0.29) is 5.75 Å². The van der Waals surface area contributed by atoms with Crippen LogP contribution in [0, 0.1) is 5.82 Å². The number of nitrogens with two attached hydrogens (primary N) is 1. The van der Waals surface area contributed by atoms with Gasteiger partial charge < -0.3 is 15.8 Å². The molecule has 0 unspecified atom stereocenters. The number of phenols is 1. The lowest BCUT2D eigenvalue weighted by Crippen LogP contribution is -2.12. The molecule has 0 saturated carbocycles. The zero-order valence-electron chi connectivity index (χ0n) is 18.6. The highest BCUT2D eigenvalue weighted by molar-refractivity contribution is 5.94. The van der Waals surface area contributed by atoms with Crippen LogP contribution in [-0.4, -0.2) is 41.0 Å². The van der Waals surface area contributed by atoms with Crippen molar-refractivity contribution in [3.63, 3.8) is 0 Å². The van der Waals surface area contributed by atoms with Gasteiger partial charge in [0.25, 0.3) is 5.91 Å². The third-order valence-corrected chi connectivity index (χ3v) is 5.81. The van der Waals surface area contributed by atoms with Gasteiger partial charge in [-0.25, -0.2) is 9.37 Å². The van der Waals surface area contributed by atoms with E-state index in [0.717, 1.165) is 33.3 Å². The molecule has 9 nitrogen and oxygen atoms in total. The molecule has 5 aromatic rings. The summed E-state index contributed by atoms with van der Waals surface area (Å²) in [5.41, 5.74) is 10.9. The van der Waals surface area contributed by atoms with Crippen LogP contribution >= 0.6 is 0 Å². The van der Waals surface area contributed by atoms with Crippen LogP contribution in [0.2, 0.25) is 0 Å². The summed E-state index contributed by atoms with van der Waals surface area (Å²) < 4.78 is 15.6. The Bertz CT molecular complexity index is 1550. The third-order valence-electron chi connectivity index (χ3n) is 5.81. The fourth-order valence-corrected chi connectivity index (χ4v) is 4.15. The molecule has 2 aromatic carbocycles. The first-order valence-corrected chi connectivity index (χ1v) is 10.7. The quantitative estimate of drug-likeness (QED) is 0.308. The van der Waals surface area contributed by atoms with Crippen molar-refractivity contribution in [3.8, 4) is 28.4 Å². The first kappa shape index (κ1) is 21.4. The van der Waals surface area contributed by atoms with Gasteiger partial charge in [0.1, 0.15) is 5.69 Å². The SMILES string of the molecule is CCc1cc(O)c(F)cc1-c1ccc2c(-c3ncc(Cc4nn(C)cc4C(N)=O)[nH]3)n[nH]c2c1. The topological polar surface area (TPSA) is 138 Å². The number of nitrogens with one attached hydrogen (secondary N) is 2. The molecule has 1 amide bonds. The number of aromatic amines is 2. The molecule has 0 bridgehead atoms. The Morgan fingerprint density at radius 3 is 2.85 bits per heavy atom. The number of primary amides is 1. The second-order valence-electron chi connectivity index (χ2n) is 8.11. The van der Waals surface area contributed by atoms with E-state index >= 15 is 0 Å². The van der Waals surface area contributed by atoms with E-state index in [1.54, 1.807) is 24.1 Å². The Morgan fingerprint density at radius 2 is 2.09 bits per heavy atom. The number of hydrogen-bond acceptors (Lipinski definition) is 5. The number of H-pyrrole nitrogens is 2. The summed E-state index contributed by atoms with van der Waals surface area (Å²) in [7, 11) is 1.73. The van der Waals surface area contributed by atoms with Gasteiger partial charge in [-0.1, -0.05) is 13.0 Å². The number of phenolic OH excluding ortho intramolecular Hbond substituents is 1. The number of benzene rings is 2. The molecular formula is C24H22FN7O2. The second-order valence-corrected chi connectivity index (χ2v) is 8.11. The number of imidazole rings is 1. The predicted octanol–water partition coefficient (Wildman–Crippen LogP) is 3.45. The van der Waals surface area contributed by atoms with E-state index in [4.69, 9.17) is 5.73 Å². The molecule has 3 aromatic heterocycles. The Hall–Kier alpha value is -4.47. The molecule has 0 saturated heterocycles. The molecule has 0 aliphatic heterocycles. The lowest BCUT2D eigenvalue weighted by molar-refractivity contribution is 0.0999. The molecule has 0 aliphatic carbocycles. The largest absolute Gasteiger partial charge is 0.505 e. The highest BCUT2D eigenvalue weighted by Gasteiger charge is 2.17. The minimum Gasteiger partial charge on any atom is -0.505 e. The van der Waals surface area contributed by atoms with Crippen LogP contribution in [0.5, 0.6) is 5.75 Å². The van der Waals surface area contributed by atoms with Gasteiger partial charge >= 0.3 is 0 Å². The first-order valence-electron chi connectivity index (χ1n) is 10.7. The van der Waals surface area contributed by atoms with Crippen LogP contribution in [0.4, 0.5) is 4.39 Å². The van der Waals surface area contributed by atoms with Gasteiger partial charge in [0.05, 0.1) is 16.8 Å². The lowest BCUT2D eigenvalue weighted by Gasteiger charge is -2.10. The summed E-state index contributed by atoms with van der Waals surface area (Å²) in [6.07, 6.45) is 4.29. The highest BCUT2D eigenvalue weighted by atomic mass is 19.1. The monoisotopic (exact) mass is 459 g/mol. The smallest absolute Gasteiger partial charge is 0.252 e. The zero-order chi connectivity index (χ0) is 24.0. The maximum atomic E-state index is 14.0. The number of aromatic nitrogens is 6. The highest BCUT2D eigenvalue weighted by Crippen LogP contribution is 2.33. The average molecular weight is 459 g/mol. The van der Waals surface area contributed by atoms with Gasteiger partial charge in [-0.3, -0.25) is 14.6 Å². The van der Waals surface area contributed by atoms with Crippen molar-refractivity contribution in [2.24, 2.45) is 12.8 Å². The number of rotatable bonds is 6. The minimum absolute atomic E-state index is 0.354. The van der Waals surface area contributed by atoms with E-state index in [1.807, 2.05) is 25.1 Å². The summed E-state index contributed by atoms with van der Waals surface area (Å²) in [5, 5.41) is 22.3. The molecule has 5 rings (SSSR count). The molecule has 0 atom stereocenters. The normalized spacial score (nSPS) is 11.4. The molecule has 5 N–H and O–H groups in total. The van der Waals surface area contributed by atoms with Gasteiger partial charge in [-0.2, -0.15) is 10.2 Å². The molecule has 172 valence electrons. The molecule has 0 radical (unpaired) electrons. The number of carbonyl (C=O) groups is 1. The van der Waals surface area contributed by atoms with E-state index < -0.39 is 11.7 Å². The zero-order valence-corrected chi connectivity index (χ0v) is 18.6. The van der Waals surface area contributed by atoms with E-state index in [1.165, 1.54) is 12.1 Å². The van der Waals surface area contributed by atoms with Crippen molar-refractivity contribution in [3.05, 3.63) is 71.1 Å². The molecular weight excluding hydrogens is 437 g/mol. The van der Waals surface area contributed by atoms with Crippen molar-refractivity contribution in [2.75, 3.05) is 0 Å². The number of aromatic hydroxyl groups is 1. The summed E-state index contributed by atoms with van der Waals surface area (Å²) in [6.45, 7) is 1.95. The lowest BCUT2D eigenvalue weighted by atomic mass is 9.96. The second kappa shape index (κ2) is 8.14. The number of amides is 1. The van der Waals surface area contributed by atoms with Crippen molar-refractivity contribution < 1.29 is 14.3 Å². The summed E-state index contributed by atoms with van der Waals surface area (Å²) in [6, 6.07) is 8.50. The Balaban J connectivity index is 1.47. The summed E-state index contributed by atoms with van der Waals surface area (Å²) in [4.78, 5) is 19.4. The van der Waals surface area contributed by atoms with Crippen LogP contribution < -0.4 is 5.73 Å². The number of carbonyl (C=O) groups excluding carboxylic acids is 1. The minimum atomic E-state index is -0.659. The van der Waals surface area contributed by atoms with Crippen LogP contribution in [0.1, 0.15) is 34.2 Å². The Kier molecular flexibility index (Phi) is 5.12. The maximum Gasteiger partial charge on any atom is 0.252 e. The van der Waals surface area contributed by atoms with Crippen LogP contribution in [0.3, 0.4) is 0 Å². The van der Waals surface area contributed by atoms with Gasteiger partial charge in [-0.15, -0.1) is 0 Å². The molecule has 3 heterocycles. The molecule has 0 fully saturated rings. The average Bonchev–Trinajstić information content (AvgIpc) is 3.53. The Morgan fingerprint density at radius 1 is 1.26 bits per heavy atom. The number of aryl methyl sites for hydroxylation is 2. The van der Waals surface area contributed by atoms with Crippen LogP contribution in [0.25, 0.3) is 33.5 Å². The standard InChI is InChI=1S/C24H22FN7O2/c1-3-12-7-21(33)18(25)9-16(12)13-4-5-15-19(6-13)29-30-22(15)24-27-10-14(28-24)8-20-17(23(26)34)11-32(2)31-20/h4-7,9-11,33H,3,8H2,1-2H3,(H2,26,34)(H,27,28)(H,29,30). The summed E-state index contributed by atoms with van der Waals surface area (Å²) in [5.74, 6) is -0.979. The van der Waals surface area contributed by atoms with E-state index in [2.05, 4.69) is 25.3 Å². The number of hydrogen-bond donors (Lipinski definition) is 4. The molecule has 0 aliphatic rings. The van der Waals surface area contributed by atoms with Gasteiger partial charge in [0.2, 0.25) is 0 Å². The fraction of sp³-hybridized carbons (Fsp3) is 0.167.